The highest BCUT2D eigenvalue weighted by Crippen LogP contribution is 2.12. The molecular weight excluding hydrogens is 311 g/mol. The summed E-state index contributed by atoms with van der Waals surface area (Å²) >= 11 is 0. The number of carbonyl (C=O) groups excluding carboxylic acids is 2. The van der Waals surface area contributed by atoms with Gasteiger partial charge in [-0.3, -0.25) is 9.59 Å². The van der Waals surface area contributed by atoms with E-state index in [1.54, 1.807) is 7.11 Å². The second-order valence-corrected chi connectivity index (χ2v) is 5.14. The molecule has 0 fully saturated rings. The summed E-state index contributed by atoms with van der Waals surface area (Å²) < 4.78 is 17.9. The Morgan fingerprint density at radius 1 is 1.08 bits per heavy atom. The van der Waals surface area contributed by atoms with Gasteiger partial charge in [0.15, 0.2) is 0 Å². The van der Waals surface area contributed by atoms with Gasteiger partial charge in [0.05, 0.1) is 13.7 Å². The number of hydrogen-bond donors (Lipinski definition) is 2. The van der Waals surface area contributed by atoms with E-state index in [4.69, 9.17) is 4.74 Å². The summed E-state index contributed by atoms with van der Waals surface area (Å²) in [7, 11) is 1.60. The summed E-state index contributed by atoms with van der Waals surface area (Å²) in [5.74, 6) is -0.349. The fourth-order valence-corrected chi connectivity index (χ4v) is 2.10. The number of ether oxygens (including phenoxy) is 1. The van der Waals surface area contributed by atoms with Crippen molar-refractivity contribution in [3.8, 4) is 5.75 Å². The van der Waals surface area contributed by atoms with E-state index >= 15 is 0 Å². The van der Waals surface area contributed by atoms with E-state index in [0.717, 1.165) is 11.3 Å². The van der Waals surface area contributed by atoms with Gasteiger partial charge in [-0.2, -0.15) is 0 Å². The molecule has 0 atom stereocenters. The molecule has 6 heteroatoms. The normalized spacial score (nSPS) is 10.1. The van der Waals surface area contributed by atoms with Crippen LogP contribution in [0.4, 0.5) is 4.39 Å². The van der Waals surface area contributed by atoms with Crippen LogP contribution in [0.5, 0.6) is 5.75 Å². The molecule has 0 aliphatic heterocycles. The van der Waals surface area contributed by atoms with Crippen LogP contribution in [0.3, 0.4) is 0 Å². The first-order valence-corrected chi connectivity index (χ1v) is 7.52. The molecule has 2 rings (SSSR count). The van der Waals surface area contributed by atoms with Crippen LogP contribution in [0.1, 0.15) is 15.9 Å². The van der Waals surface area contributed by atoms with E-state index in [0.29, 0.717) is 18.5 Å². The number of methoxy groups -OCH3 is 1. The number of nitrogens with one attached hydrogen (secondary N) is 2. The largest absolute Gasteiger partial charge is 0.497 e. The van der Waals surface area contributed by atoms with Crippen molar-refractivity contribution in [2.75, 3.05) is 20.2 Å². The third-order valence-corrected chi connectivity index (χ3v) is 3.39. The van der Waals surface area contributed by atoms with Gasteiger partial charge in [-0.15, -0.1) is 0 Å². The van der Waals surface area contributed by atoms with Gasteiger partial charge in [-0.05, 0) is 48.4 Å². The van der Waals surface area contributed by atoms with Crippen molar-refractivity contribution >= 4 is 11.8 Å². The van der Waals surface area contributed by atoms with Crippen molar-refractivity contribution in [1.82, 2.24) is 10.6 Å². The molecule has 0 saturated carbocycles. The van der Waals surface area contributed by atoms with E-state index in [1.807, 2.05) is 24.3 Å². The molecule has 2 N–H and O–H groups in total. The minimum absolute atomic E-state index is 0.131. The third kappa shape index (κ3) is 5.39. The van der Waals surface area contributed by atoms with E-state index in [-0.39, 0.29) is 12.5 Å². The van der Waals surface area contributed by atoms with Gasteiger partial charge >= 0.3 is 0 Å². The Kier molecular flexibility index (Phi) is 6.31. The van der Waals surface area contributed by atoms with Crippen molar-refractivity contribution in [2.24, 2.45) is 0 Å². The predicted molar refractivity (Wildman–Crippen MR) is 88.4 cm³/mol. The van der Waals surface area contributed by atoms with Gasteiger partial charge in [0, 0.05) is 12.1 Å². The minimum atomic E-state index is -0.419. The maximum Gasteiger partial charge on any atom is 0.251 e. The van der Waals surface area contributed by atoms with Crippen molar-refractivity contribution < 1.29 is 18.7 Å². The zero-order valence-electron chi connectivity index (χ0n) is 13.3. The number of halogens is 1. The predicted octanol–water partition coefficient (Wildman–Crippen LogP) is 1.92. The van der Waals surface area contributed by atoms with Crippen LogP contribution in [-0.4, -0.2) is 32.0 Å². The molecule has 2 aromatic rings. The van der Waals surface area contributed by atoms with Gasteiger partial charge in [0.25, 0.3) is 5.91 Å². The highest BCUT2D eigenvalue weighted by molar-refractivity contribution is 5.96. The Bertz CT molecular complexity index is 702. The topological polar surface area (TPSA) is 67.4 Å². The van der Waals surface area contributed by atoms with Crippen LogP contribution < -0.4 is 15.4 Å². The Morgan fingerprint density at radius 2 is 1.83 bits per heavy atom. The lowest BCUT2D eigenvalue weighted by molar-refractivity contribution is -0.120. The molecule has 0 radical (unpaired) electrons. The number of hydrogen-bond acceptors (Lipinski definition) is 3. The zero-order chi connectivity index (χ0) is 17.4. The van der Waals surface area contributed by atoms with Crippen LogP contribution in [0.2, 0.25) is 0 Å². The Balaban J connectivity index is 1.71. The van der Waals surface area contributed by atoms with Gasteiger partial charge in [0.2, 0.25) is 5.91 Å². The highest BCUT2D eigenvalue weighted by Gasteiger charge is 2.08. The highest BCUT2D eigenvalue weighted by atomic mass is 19.1. The first-order valence-electron chi connectivity index (χ1n) is 7.52. The van der Waals surface area contributed by atoms with Crippen LogP contribution in [0.15, 0.2) is 48.5 Å². The van der Waals surface area contributed by atoms with Gasteiger partial charge < -0.3 is 15.4 Å². The molecule has 0 spiro atoms. The molecule has 2 amide bonds. The maximum absolute atomic E-state index is 12.8. The number of carbonyl (C=O) groups is 2. The average Bonchev–Trinajstić information content (AvgIpc) is 2.60. The van der Waals surface area contributed by atoms with E-state index < -0.39 is 11.7 Å². The van der Waals surface area contributed by atoms with Crippen molar-refractivity contribution in [2.45, 2.75) is 6.42 Å². The Morgan fingerprint density at radius 3 is 2.54 bits per heavy atom. The Hall–Kier alpha value is -2.89. The standard InChI is InChI=1S/C18H19FN2O3/c1-24-16-4-2-3-13(11-16)9-10-20-17(22)12-21-18(23)14-5-7-15(19)8-6-14/h2-8,11H,9-10,12H2,1H3,(H,20,22)(H,21,23). The summed E-state index contributed by atoms with van der Waals surface area (Å²) in [6, 6.07) is 12.7. The molecule has 0 aromatic heterocycles. The van der Waals surface area contributed by atoms with Gasteiger partial charge in [-0.25, -0.2) is 4.39 Å². The molecule has 0 aliphatic carbocycles. The maximum atomic E-state index is 12.8. The van der Waals surface area contributed by atoms with Crippen LogP contribution in [0, 0.1) is 5.82 Å². The number of amides is 2. The number of benzene rings is 2. The summed E-state index contributed by atoms with van der Waals surface area (Å²) in [4.78, 5) is 23.5. The van der Waals surface area contributed by atoms with Crippen LogP contribution in [0.25, 0.3) is 0 Å². The van der Waals surface area contributed by atoms with E-state index in [9.17, 15) is 14.0 Å². The second kappa shape index (κ2) is 8.67. The summed E-state index contributed by atoms with van der Waals surface area (Å²) in [6.45, 7) is 0.326. The van der Waals surface area contributed by atoms with Crippen molar-refractivity contribution in [3.05, 3.63) is 65.5 Å². The minimum Gasteiger partial charge on any atom is -0.497 e. The van der Waals surface area contributed by atoms with Crippen molar-refractivity contribution in [1.29, 1.82) is 0 Å². The Labute approximate surface area is 139 Å². The molecule has 0 unspecified atom stereocenters. The lowest BCUT2D eigenvalue weighted by Gasteiger charge is -2.08. The first kappa shape index (κ1) is 17.5. The molecule has 5 nitrogen and oxygen atoms in total. The quantitative estimate of drug-likeness (QED) is 0.815. The average molecular weight is 330 g/mol. The molecule has 0 saturated heterocycles. The summed E-state index contributed by atoms with van der Waals surface area (Å²) in [6.07, 6.45) is 0.662. The van der Waals surface area contributed by atoms with E-state index in [2.05, 4.69) is 10.6 Å². The molecule has 24 heavy (non-hydrogen) atoms. The molecular formula is C18H19FN2O3. The first-order chi connectivity index (χ1) is 11.6. The number of rotatable bonds is 7. The fraction of sp³-hybridized carbons (Fsp3) is 0.222. The molecule has 2 aromatic carbocycles. The molecule has 0 aliphatic rings. The zero-order valence-corrected chi connectivity index (χ0v) is 13.3. The second-order valence-electron chi connectivity index (χ2n) is 5.14. The lowest BCUT2D eigenvalue weighted by Crippen LogP contribution is -2.37. The monoisotopic (exact) mass is 330 g/mol. The third-order valence-electron chi connectivity index (χ3n) is 3.39. The summed E-state index contributed by atoms with van der Waals surface area (Å²) in [5.41, 5.74) is 1.35. The fourth-order valence-electron chi connectivity index (χ4n) is 2.10. The molecule has 126 valence electrons. The van der Waals surface area contributed by atoms with Crippen molar-refractivity contribution in [3.63, 3.8) is 0 Å². The molecule has 0 heterocycles. The van der Waals surface area contributed by atoms with E-state index in [1.165, 1.54) is 24.3 Å². The van der Waals surface area contributed by atoms with Gasteiger partial charge in [-0.1, -0.05) is 12.1 Å². The van der Waals surface area contributed by atoms with Crippen LogP contribution in [-0.2, 0) is 11.2 Å². The smallest absolute Gasteiger partial charge is 0.251 e. The van der Waals surface area contributed by atoms with Gasteiger partial charge in [0.1, 0.15) is 11.6 Å². The summed E-state index contributed by atoms with van der Waals surface area (Å²) in [5, 5.41) is 5.22. The lowest BCUT2D eigenvalue weighted by atomic mass is 10.1. The SMILES string of the molecule is COc1cccc(CCNC(=O)CNC(=O)c2ccc(F)cc2)c1. The molecule has 0 bridgehead atoms. The van der Waals surface area contributed by atoms with Crippen LogP contribution >= 0.6 is 0 Å².